The molecule has 0 saturated heterocycles. The Morgan fingerprint density at radius 2 is 1.47 bits per heavy atom. The number of carbonyl (C=O) groups is 2. The SMILES string of the molecule is CC(C(=O)O)C(C)C(=O)NC(C)(C)C(C)(C)O. The van der Waals surface area contributed by atoms with Crippen molar-refractivity contribution in [2.24, 2.45) is 11.8 Å². The molecule has 0 spiro atoms. The first-order valence-corrected chi connectivity index (χ1v) is 5.67. The number of carboxylic acid groups (broad SMARTS) is 1. The average molecular weight is 245 g/mol. The Labute approximate surface area is 102 Å². The number of nitrogens with one attached hydrogen (secondary N) is 1. The van der Waals surface area contributed by atoms with Crippen LogP contribution in [0.25, 0.3) is 0 Å². The minimum atomic E-state index is -1.09. The lowest BCUT2D eigenvalue weighted by atomic mass is 9.84. The summed E-state index contributed by atoms with van der Waals surface area (Å²) < 4.78 is 0. The Kier molecular flexibility index (Phi) is 4.71. The summed E-state index contributed by atoms with van der Waals surface area (Å²) in [7, 11) is 0. The van der Waals surface area contributed by atoms with E-state index in [9.17, 15) is 14.7 Å². The van der Waals surface area contributed by atoms with Crippen molar-refractivity contribution in [3.05, 3.63) is 0 Å². The quantitative estimate of drug-likeness (QED) is 0.674. The van der Waals surface area contributed by atoms with Crippen LogP contribution in [-0.2, 0) is 9.59 Å². The fraction of sp³-hybridized carbons (Fsp3) is 0.833. The molecule has 100 valence electrons. The number of aliphatic hydroxyl groups is 1. The standard InChI is InChI=1S/C12H23NO4/c1-7(8(2)10(15)16)9(14)13-11(3,4)12(5,6)17/h7-8,17H,1-6H3,(H,13,14)(H,15,16). The molecule has 0 radical (unpaired) electrons. The largest absolute Gasteiger partial charge is 0.481 e. The van der Waals surface area contributed by atoms with Crippen molar-refractivity contribution in [3.8, 4) is 0 Å². The number of rotatable bonds is 5. The predicted molar refractivity (Wildman–Crippen MR) is 64.5 cm³/mol. The van der Waals surface area contributed by atoms with Gasteiger partial charge in [0.2, 0.25) is 5.91 Å². The number of carboxylic acids is 1. The number of aliphatic carboxylic acids is 1. The number of hydrogen-bond acceptors (Lipinski definition) is 3. The number of hydrogen-bond donors (Lipinski definition) is 3. The summed E-state index contributed by atoms with van der Waals surface area (Å²) in [6.45, 7) is 9.64. The van der Waals surface area contributed by atoms with Crippen molar-refractivity contribution in [1.29, 1.82) is 0 Å². The highest BCUT2D eigenvalue weighted by atomic mass is 16.4. The van der Waals surface area contributed by atoms with Gasteiger partial charge in [-0.15, -0.1) is 0 Å². The van der Waals surface area contributed by atoms with Crippen LogP contribution in [0.2, 0.25) is 0 Å². The van der Waals surface area contributed by atoms with Gasteiger partial charge in [0, 0.05) is 5.92 Å². The van der Waals surface area contributed by atoms with E-state index < -0.39 is 28.9 Å². The number of amides is 1. The average Bonchev–Trinajstić information content (AvgIpc) is 2.12. The number of carbonyl (C=O) groups excluding carboxylic acids is 1. The van der Waals surface area contributed by atoms with Gasteiger partial charge in [-0.05, 0) is 27.7 Å². The smallest absolute Gasteiger partial charge is 0.307 e. The zero-order chi connectivity index (χ0) is 14.0. The molecule has 5 heteroatoms. The van der Waals surface area contributed by atoms with Crippen LogP contribution in [0.4, 0.5) is 0 Å². The summed E-state index contributed by atoms with van der Waals surface area (Å²) >= 11 is 0. The summed E-state index contributed by atoms with van der Waals surface area (Å²) in [6.07, 6.45) is 0. The topological polar surface area (TPSA) is 86.6 Å². The van der Waals surface area contributed by atoms with Crippen LogP contribution in [-0.4, -0.2) is 33.2 Å². The Hall–Kier alpha value is -1.10. The van der Waals surface area contributed by atoms with E-state index in [2.05, 4.69) is 5.32 Å². The molecule has 0 rings (SSSR count). The maximum absolute atomic E-state index is 11.9. The minimum absolute atomic E-state index is 0.368. The van der Waals surface area contributed by atoms with Crippen LogP contribution in [0.15, 0.2) is 0 Å². The zero-order valence-electron chi connectivity index (χ0n) is 11.4. The van der Waals surface area contributed by atoms with Gasteiger partial charge in [-0.1, -0.05) is 13.8 Å². The third kappa shape index (κ3) is 4.00. The fourth-order valence-electron chi connectivity index (χ4n) is 1.02. The Morgan fingerprint density at radius 1 is 1.06 bits per heavy atom. The molecule has 0 aromatic rings. The fourth-order valence-corrected chi connectivity index (χ4v) is 1.02. The van der Waals surface area contributed by atoms with Crippen molar-refractivity contribution in [2.75, 3.05) is 0 Å². The molecule has 0 heterocycles. The summed E-state index contributed by atoms with van der Waals surface area (Å²) in [6, 6.07) is 0. The summed E-state index contributed by atoms with van der Waals surface area (Å²) in [4.78, 5) is 22.6. The lowest BCUT2D eigenvalue weighted by Crippen LogP contribution is -2.59. The second-order valence-corrected chi connectivity index (χ2v) is 5.59. The normalized spacial score (nSPS) is 16.2. The molecule has 0 bridgehead atoms. The molecule has 17 heavy (non-hydrogen) atoms. The van der Waals surface area contributed by atoms with E-state index in [1.54, 1.807) is 34.6 Å². The monoisotopic (exact) mass is 245 g/mol. The molecular formula is C12H23NO4. The van der Waals surface area contributed by atoms with Crippen LogP contribution in [0.3, 0.4) is 0 Å². The molecule has 0 aromatic carbocycles. The molecule has 2 unspecified atom stereocenters. The molecule has 0 aliphatic carbocycles. The van der Waals surface area contributed by atoms with Gasteiger partial charge in [0.05, 0.1) is 17.1 Å². The van der Waals surface area contributed by atoms with Crippen molar-refractivity contribution >= 4 is 11.9 Å². The first-order valence-electron chi connectivity index (χ1n) is 5.67. The molecule has 2 atom stereocenters. The third-order valence-electron chi connectivity index (χ3n) is 3.52. The first-order chi connectivity index (χ1) is 7.40. The van der Waals surface area contributed by atoms with E-state index >= 15 is 0 Å². The van der Waals surface area contributed by atoms with Crippen molar-refractivity contribution in [2.45, 2.75) is 52.7 Å². The Bertz CT molecular complexity index is 304. The van der Waals surface area contributed by atoms with E-state index in [1.165, 1.54) is 6.92 Å². The van der Waals surface area contributed by atoms with E-state index in [1.807, 2.05) is 0 Å². The maximum atomic E-state index is 11.9. The highest BCUT2D eigenvalue weighted by molar-refractivity contribution is 5.84. The molecule has 0 fully saturated rings. The predicted octanol–water partition coefficient (Wildman–Crippen LogP) is 1.01. The molecule has 0 aliphatic rings. The van der Waals surface area contributed by atoms with E-state index in [0.29, 0.717) is 0 Å². The van der Waals surface area contributed by atoms with Gasteiger partial charge in [0.15, 0.2) is 0 Å². The van der Waals surface area contributed by atoms with Crippen LogP contribution in [0.1, 0.15) is 41.5 Å². The van der Waals surface area contributed by atoms with E-state index in [4.69, 9.17) is 5.11 Å². The van der Waals surface area contributed by atoms with Gasteiger partial charge in [-0.25, -0.2) is 0 Å². The van der Waals surface area contributed by atoms with E-state index in [0.717, 1.165) is 0 Å². The van der Waals surface area contributed by atoms with Gasteiger partial charge >= 0.3 is 5.97 Å². The maximum Gasteiger partial charge on any atom is 0.307 e. The van der Waals surface area contributed by atoms with Crippen LogP contribution in [0, 0.1) is 11.8 Å². The third-order valence-corrected chi connectivity index (χ3v) is 3.52. The van der Waals surface area contributed by atoms with Crippen molar-refractivity contribution in [1.82, 2.24) is 5.32 Å². The molecule has 3 N–H and O–H groups in total. The molecule has 0 saturated carbocycles. The second-order valence-electron chi connectivity index (χ2n) is 5.59. The highest BCUT2D eigenvalue weighted by Gasteiger charge is 2.38. The van der Waals surface area contributed by atoms with Gasteiger partial charge in [-0.3, -0.25) is 9.59 Å². The van der Waals surface area contributed by atoms with Gasteiger partial charge in [0.1, 0.15) is 0 Å². The summed E-state index contributed by atoms with van der Waals surface area (Å²) in [5.74, 6) is -2.78. The molecule has 1 amide bonds. The minimum Gasteiger partial charge on any atom is -0.481 e. The molecule has 5 nitrogen and oxygen atoms in total. The summed E-state index contributed by atoms with van der Waals surface area (Å²) in [5, 5.41) is 21.4. The second kappa shape index (κ2) is 5.04. The Balaban J connectivity index is 4.72. The lowest BCUT2D eigenvalue weighted by molar-refractivity contribution is -0.147. The highest BCUT2D eigenvalue weighted by Crippen LogP contribution is 2.22. The van der Waals surface area contributed by atoms with Crippen LogP contribution >= 0.6 is 0 Å². The molecule has 0 aromatic heterocycles. The zero-order valence-corrected chi connectivity index (χ0v) is 11.4. The van der Waals surface area contributed by atoms with Crippen LogP contribution < -0.4 is 5.32 Å². The van der Waals surface area contributed by atoms with Gasteiger partial charge < -0.3 is 15.5 Å². The van der Waals surface area contributed by atoms with Crippen LogP contribution in [0.5, 0.6) is 0 Å². The molecule has 0 aliphatic heterocycles. The summed E-state index contributed by atoms with van der Waals surface area (Å²) in [5.41, 5.74) is -1.91. The molecular weight excluding hydrogens is 222 g/mol. The van der Waals surface area contributed by atoms with Gasteiger partial charge in [0.25, 0.3) is 0 Å². The van der Waals surface area contributed by atoms with Crippen molar-refractivity contribution in [3.63, 3.8) is 0 Å². The first kappa shape index (κ1) is 15.9. The van der Waals surface area contributed by atoms with Crippen molar-refractivity contribution < 1.29 is 19.8 Å². The van der Waals surface area contributed by atoms with Gasteiger partial charge in [-0.2, -0.15) is 0 Å². The van der Waals surface area contributed by atoms with E-state index in [-0.39, 0.29) is 5.91 Å². The Morgan fingerprint density at radius 3 is 1.76 bits per heavy atom. The lowest BCUT2D eigenvalue weighted by Gasteiger charge is -2.39.